The van der Waals surface area contributed by atoms with Crippen molar-refractivity contribution in [2.75, 3.05) is 13.2 Å². The predicted octanol–water partition coefficient (Wildman–Crippen LogP) is 5.26. The molecule has 0 aromatic heterocycles. The Kier molecular flexibility index (Phi) is 8.34. The summed E-state index contributed by atoms with van der Waals surface area (Å²) in [7, 11) is 0. The smallest absolute Gasteiger partial charge is 0.120 e. The van der Waals surface area contributed by atoms with Crippen molar-refractivity contribution in [3.63, 3.8) is 0 Å². The van der Waals surface area contributed by atoms with E-state index in [2.05, 4.69) is 11.4 Å². The van der Waals surface area contributed by atoms with E-state index in [0.717, 1.165) is 37.4 Å². The number of hydrogen-bond donors (Lipinski definition) is 1. The van der Waals surface area contributed by atoms with Gasteiger partial charge in [0.05, 0.1) is 6.10 Å². The molecule has 0 bridgehead atoms. The van der Waals surface area contributed by atoms with Crippen LogP contribution in [0.15, 0.2) is 42.5 Å². The fourth-order valence-corrected chi connectivity index (χ4v) is 3.19. The second kappa shape index (κ2) is 10.2. The van der Waals surface area contributed by atoms with Gasteiger partial charge in [-0.2, -0.15) is 0 Å². The normalized spacial score (nSPS) is 16.5. The summed E-state index contributed by atoms with van der Waals surface area (Å²) in [5.74, 6) is 0.831. The molecule has 136 valence electrons. The fourth-order valence-electron chi connectivity index (χ4n) is 2.73. The highest BCUT2D eigenvalue weighted by Gasteiger charge is 2.14. The van der Waals surface area contributed by atoms with Gasteiger partial charge in [0.25, 0.3) is 0 Å². The molecule has 6 heteroatoms. The zero-order valence-corrected chi connectivity index (χ0v) is 16.2. The minimum Gasteiger partial charge on any atom is -0.489 e. The van der Waals surface area contributed by atoms with Crippen molar-refractivity contribution in [1.82, 2.24) is 5.32 Å². The lowest BCUT2D eigenvalue weighted by Gasteiger charge is -2.12. The average molecular weight is 403 g/mol. The second-order valence-electron chi connectivity index (χ2n) is 5.94. The molecule has 0 radical (unpaired) electrons. The van der Waals surface area contributed by atoms with Gasteiger partial charge < -0.3 is 14.8 Å². The molecule has 0 saturated carbocycles. The van der Waals surface area contributed by atoms with Crippen molar-refractivity contribution >= 4 is 35.6 Å². The van der Waals surface area contributed by atoms with Crippen LogP contribution in [0.1, 0.15) is 24.0 Å². The second-order valence-corrected chi connectivity index (χ2v) is 6.78. The van der Waals surface area contributed by atoms with Crippen LogP contribution < -0.4 is 10.1 Å². The van der Waals surface area contributed by atoms with Crippen molar-refractivity contribution in [2.45, 2.75) is 32.1 Å². The number of benzene rings is 2. The summed E-state index contributed by atoms with van der Waals surface area (Å²) in [6.45, 7) is 3.01. The molecule has 1 unspecified atom stereocenters. The highest BCUT2D eigenvalue weighted by Crippen LogP contribution is 2.23. The summed E-state index contributed by atoms with van der Waals surface area (Å²) in [6.07, 6.45) is 2.68. The number of ether oxygens (including phenoxy) is 2. The lowest BCUT2D eigenvalue weighted by molar-refractivity contribution is 0.110. The van der Waals surface area contributed by atoms with Crippen LogP contribution in [0, 0.1) is 0 Å². The van der Waals surface area contributed by atoms with Crippen molar-refractivity contribution in [2.24, 2.45) is 0 Å². The Morgan fingerprint density at radius 2 is 2.04 bits per heavy atom. The van der Waals surface area contributed by atoms with Gasteiger partial charge in [0.2, 0.25) is 0 Å². The summed E-state index contributed by atoms with van der Waals surface area (Å²) in [5.41, 5.74) is 2.11. The number of nitrogens with one attached hydrogen (secondary N) is 1. The van der Waals surface area contributed by atoms with Gasteiger partial charge in [0.1, 0.15) is 12.4 Å². The standard InChI is InChI=1S/C19H21Cl2NO2.ClH/c20-16-7-6-15(19(21)10-16)13-24-17-4-1-3-14(9-17)11-22-12-18-5-2-8-23-18;/h1,3-4,6-7,9-10,18,22H,2,5,8,11-13H2;1H. The van der Waals surface area contributed by atoms with Crippen LogP contribution in [0.5, 0.6) is 5.75 Å². The Bertz CT molecular complexity index is 675. The van der Waals surface area contributed by atoms with Gasteiger partial charge in [0, 0.05) is 35.3 Å². The number of hydrogen-bond acceptors (Lipinski definition) is 3. The highest BCUT2D eigenvalue weighted by molar-refractivity contribution is 6.35. The summed E-state index contributed by atoms with van der Waals surface area (Å²) in [4.78, 5) is 0. The Morgan fingerprint density at radius 3 is 2.80 bits per heavy atom. The van der Waals surface area contributed by atoms with Crippen molar-refractivity contribution in [3.05, 3.63) is 63.6 Å². The lowest BCUT2D eigenvalue weighted by atomic mass is 10.2. The Hall–Kier alpha value is -0.970. The molecule has 3 rings (SSSR count). The minimum absolute atomic E-state index is 0. The first-order valence-corrected chi connectivity index (χ1v) is 8.94. The van der Waals surface area contributed by atoms with Gasteiger partial charge in [-0.15, -0.1) is 12.4 Å². The lowest BCUT2D eigenvalue weighted by Crippen LogP contribution is -2.25. The molecule has 1 aliphatic heterocycles. The van der Waals surface area contributed by atoms with Gasteiger partial charge in [-0.25, -0.2) is 0 Å². The molecule has 1 atom stereocenters. The monoisotopic (exact) mass is 401 g/mol. The largest absolute Gasteiger partial charge is 0.489 e. The first-order chi connectivity index (χ1) is 11.7. The van der Waals surface area contributed by atoms with Crippen LogP contribution in [0.25, 0.3) is 0 Å². The van der Waals surface area contributed by atoms with Gasteiger partial charge in [0.15, 0.2) is 0 Å². The molecule has 0 spiro atoms. The Balaban J connectivity index is 0.00000225. The maximum atomic E-state index is 6.17. The summed E-state index contributed by atoms with van der Waals surface area (Å²) >= 11 is 12.1. The highest BCUT2D eigenvalue weighted by atomic mass is 35.5. The van der Waals surface area contributed by atoms with Crippen LogP contribution in [0.4, 0.5) is 0 Å². The molecule has 0 aliphatic carbocycles. The zero-order chi connectivity index (χ0) is 16.8. The third-order valence-corrected chi connectivity index (χ3v) is 4.62. The van der Waals surface area contributed by atoms with E-state index in [1.165, 1.54) is 12.0 Å². The summed E-state index contributed by atoms with van der Waals surface area (Å²) in [5, 5.41) is 4.69. The number of rotatable bonds is 7. The van der Waals surface area contributed by atoms with E-state index in [1.54, 1.807) is 6.07 Å². The van der Waals surface area contributed by atoms with Crippen LogP contribution in [0.3, 0.4) is 0 Å². The molecular formula is C19H22Cl3NO2. The zero-order valence-electron chi connectivity index (χ0n) is 13.8. The van der Waals surface area contributed by atoms with Crippen LogP contribution in [-0.2, 0) is 17.9 Å². The van der Waals surface area contributed by atoms with Gasteiger partial charge >= 0.3 is 0 Å². The van der Waals surface area contributed by atoms with E-state index >= 15 is 0 Å². The topological polar surface area (TPSA) is 30.5 Å². The van der Waals surface area contributed by atoms with E-state index < -0.39 is 0 Å². The average Bonchev–Trinajstić information content (AvgIpc) is 3.08. The SMILES string of the molecule is Cl.Clc1ccc(COc2cccc(CNCC3CCCO3)c2)c(Cl)c1. The fraction of sp³-hybridized carbons (Fsp3) is 0.368. The summed E-state index contributed by atoms with van der Waals surface area (Å²) in [6, 6.07) is 13.5. The molecule has 1 heterocycles. The minimum atomic E-state index is 0. The molecule has 0 amide bonds. The van der Waals surface area contributed by atoms with Crippen molar-refractivity contribution in [1.29, 1.82) is 0 Å². The molecule has 1 saturated heterocycles. The van der Waals surface area contributed by atoms with Crippen LogP contribution >= 0.6 is 35.6 Å². The third kappa shape index (κ3) is 6.36. The molecule has 25 heavy (non-hydrogen) atoms. The predicted molar refractivity (Wildman–Crippen MR) is 105 cm³/mol. The first kappa shape index (κ1) is 20.3. The van der Waals surface area contributed by atoms with E-state index in [1.807, 2.05) is 30.3 Å². The third-order valence-electron chi connectivity index (χ3n) is 4.03. The Morgan fingerprint density at radius 1 is 1.16 bits per heavy atom. The van der Waals surface area contributed by atoms with E-state index in [4.69, 9.17) is 32.7 Å². The summed E-state index contributed by atoms with van der Waals surface area (Å²) < 4.78 is 11.5. The van der Waals surface area contributed by atoms with E-state index in [-0.39, 0.29) is 12.4 Å². The van der Waals surface area contributed by atoms with Crippen LogP contribution in [0.2, 0.25) is 10.0 Å². The van der Waals surface area contributed by atoms with Gasteiger partial charge in [-0.3, -0.25) is 0 Å². The maximum Gasteiger partial charge on any atom is 0.120 e. The molecule has 1 fully saturated rings. The molecule has 1 N–H and O–H groups in total. The molecule has 1 aliphatic rings. The molecular weight excluding hydrogens is 381 g/mol. The van der Waals surface area contributed by atoms with Gasteiger partial charge in [-0.1, -0.05) is 41.4 Å². The maximum absolute atomic E-state index is 6.17. The van der Waals surface area contributed by atoms with Crippen molar-refractivity contribution in [3.8, 4) is 5.75 Å². The molecule has 3 nitrogen and oxygen atoms in total. The first-order valence-electron chi connectivity index (χ1n) is 8.19. The van der Waals surface area contributed by atoms with E-state index in [9.17, 15) is 0 Å². The Labute approximate surface area is 165 Å². The molecule has 2 aromatic carbocycles. The number of halogens is 3. The quantitative estimate of drug-likeness (QED) is 0.685. The van der Waals surface area contributed by atoms with Crippen molar-refractivity contribution < 1.29 is 9.47 Å². The molecule has 2 aromatic rings. The van der Waals surface area contributed by atoms with Gasteiger partial charge in [-0.05, 0) is 42.7 Å². The van der Waals surface area contributed by atoms with Crippen LogP contribution in [-0.4, -0.2) is 19.3 Å². The van der Waals surface area contributed by atoms with E-state index in [0.29, 0.717) is 22.8 Å².